The lowest BCUT2D eigenvalue weighted by atomic mass is 9.69. The number of halogens is 3. The Morgan fingerprint density at radius 3 is 2.49 bits per heavy atom. The Balaban J connectivity index is 1.68. The maximum atomic E-state index is 13.4. The van der Waals surface area contributed by atoms with Gasteiger partial charge < -0.3 is 14.3 Å². The smallest absolute Gasteiger partial charge is 0.416 e. The van der Waals surface area contributed by atoms with Crippen LogP contribution in [0.3, 0.4) is 0 Å². The summed E-state index contributed by atoms with van der Waals surface area (Å²) in [5.74, 6) is 0.00744. The van der Waals surface area contributed by atoms with Gasteiger partial charge in [-0.05, 0) is 53.5 Å². The Hall–Kier alpha value is -3.80. The quantitative estimate of drug-likeness (QED) is 0.302. The molecule has 2 aliphatic heterocycles. The number of aromatic amines is 1. The number of hydrogen-bond acceptors (Lipinski definition) is 5. The molecule has 6 rings (SSSR count). The first-order valence-electron chi connectivity index (χ1n) is 12.2. The number of rotatable bonds is 1. The molecule has 0 bridgehead atoms. The number of hydrogen-bond donors (Lipinski definition) is 1. The van der Waals surface area contributed by atoms with E-state index in [4.69, 9.17) is 4.42 Å². The Morgan fingerprint density at radius 1 is 1.11 bits per heavy atom. The Bertz CT molecular complexity index is 1720. The average Bonchev–Trinajstić information content (AvgIpc) is 3.23. The number of benzene rings is 2. The molecule has 37 heavy (non-hydrogen) atoms. The summed E-state index contributed by atoms with van der Waals surface area (Å²) in [6, 6.07) is 7.27. The van der Waals surface area contributed by atoms with Crippen LogP contribution < -0.4 is 10.5 Å². The van der Waals surface area contributed by atoms with Crippen molar-refractivity contribution in [3.8, 4) is 17.5 Å². The number of fused-ring (bicyclic) bond motifs is 3. The van der Waals surface area contributed by atoms with Crippen LogP contribution in [0.4, 0.5) is 18.9 Å². The predicted molar refractivity (Wildman–Crippen MR) is 135 cm³/mol. The lowest BCUT2D eigenvalue weighted by Crippen LogP contribution is -2.44. The third-order valence-electron chi connectivity index (χ3n) is 8.06. The number of alkyl halides is 3. The fourth-order valence-corrected chi connectivity index (χ4v) is 5.86. The summed E-state index contributed by atoms with van der Waals surface area (Å²) >= 11 is 0. The summed E-state index contributed by atoms with van der Waals surface area (Å²) in [7, 11) is 0. The van der Waals surface area contributed by atoms with Gasteiger partial charge in [0.25, 0.3) is 0 Å². The SMILES string of the molecule is CC1(C)CCN2CCC(C)(C)c3c2c1cc1c(C#N)c(-c2nc4ccc(C(F)(F)F)cc4[nH]2)c(=O)oc31. The normalized spacial score (nSPS) is 18.2. The van der Waals surface area contributed by atoms with Gasteiger partial charge in [-0.3, -0.25) is 0 Å². The molecule has 0 atom stereocenters. The summed E-state index contributed by atoms with van der Waals surface area (Å²) in [6.45, 7) is 10.4. The maximum absolute atomic E-state index is 13.4. The van der Waals surface area contributed by atoms with Gasteiger partial charge in [-0.25, -0.2) is 9.78 Å². The number of aromatic nitrogens is 2. The van der Waals surface area contributed by atoms with Crippen LogP contribution in [0.25, 0.3) is 33.4 Å². The van der Waals surface area contributed by atoms with Gasteiger partial charge >= 0.3 is 11.8 Å². The lowest BCUT2D eigenvalue weighted by molar-refractivity contribution is -0.137. The molecular formula is C28H25F3N4O2. The minimum atomic E-state index is -4.52. The van der Waals surface area contributed by atoms with Gasteiger partial charge in [-0.2, -0.15) is 18.4 Å². The molecule has 4 heterocycles. The molecule has 0 fully saturated rings. The van der Waals surface area contributed by atoms with Gasteiger partial charge in [0.1, 0.15) is 23.0 Å². The monoisotopic (exact) mass is 506 g/mol. The van der Waals surface area contributed by atoms with E-state index in [1.165, 1.54) is 6.07 Å². The maximum Gasteiger partial charge on any atom is 0.416 e. The van der Waals surface area contributed by atoms with Gasteiger partial charge in [0.15, 0.2) is 0 Å². The summed E-state index contributed by atoms with van der Waals surface area (Å²) in [5.41, 5.74) is 1.89. The summed E-state index contributed by atoms with van der Waals surface area (Å²) in [6.07, 6.45) is -2.70. The number of anilines is 1. The zero-order valence-corrected chi connectivity index (χ0v) is 20.9. The fourth-order valence-electron chi connectivity index (χ4n) is 5.86. The van der Waals surface area contributed by atoms with Crippen molar-refractivity contribution in [2.24, 2.45) is 0 Å². The van der Waals surface area contributed by atoms with E-state index in [0.29, 0.717) is 11.0 Å². The highest BCUT2D eigenvalue weighted by Gasteiger charge is 2.42. The second-order valence-electron chi connectivity index (χ2n) is 11.3. The number of H-pyrrole nitrogens is 1. The Labute approximate surface area is 210 Å². The minimum absolute atomic E-state index is 0.00744. The van der Waals surface area contributed by atoms with Crippen LogP contribution in [0.1, 0.15) is 62.8 Å². The molecule has 2 aromatic carbocycles. The molecule has 0 saturated carbocycles. The Kier molecular flexibility index (Phi) is 4.70. The molecule has 2 aliphatic rings. The highest BCUT2D eigenvalue weighted by Crippen LogP contribution is 2.52. The molecule has 0 unspecified atom stereocenters. The van der Waals surface area contributed by atoms with Crippen LogP contribution in [-0.2, 0) is 17.0 Å². The van der Waals surface area contributed by atoms with Crippen LogP contribution in [-0.4, -0.2) is 23.1 Å². The zero-order valence-electron chi connectivity index (χ0n) is 20.9. The molecule has 0 aliphatic carbocycles. The standard InChI is InChI=1S/C28H25F3N4O2/c1-26(2)7-9-35-10-8-27(3,4)21-22(35)17(26)12-15-16(13-32)20(25(36)37-23(15)21)24-33-18-6-5-14(28(29,30)31)11-19(18)34-24/h5-6,11-12H,7-10H2,1-4H3,(H,33,34). The van der Waals surface area contributed by atoms with Crippen molar-refractivity contribution in [3.05, 3.63) is 56.9 Å². The first kappa shape index (κ1) is 23.6. The van der Waals surface area contributed by atoms with Gasteiger partial charge in [0.2, 0.25) is 0 Å². The van der Waals surface area contributed by atoms with E-state index in [0.717, 1.165) is 54.9 Å². The molecule has 4 aromatic rings. The third-order valence-corrected chi connectivity index (χ3v) is 8.06. The molecule has 2 aromatic heterocycles. The molecule has 0 radical (unpaired) electrons. The first-order chi connectivity index (χ1) is 17.3. The summed E-state index contributed by atoms with van der Waals surface area (Å²) in [4.78, 5) is 22.9. The van der Waals surface area contributed by atoms with Crippen LogP contribution in [0.15, 0.2) is 33.5 Å². The minimum Gasteiger partial charge on any atom is -0.422 e. The molecule has 0 spiro atoms. The molecule has 0 saturated heterocycles. The van der Waals surface area contributed by atoms with Gasteiger partial charge in [0, 0.05) is 29.7 Å². The Morgan fingerprint density at radius 2 is 1.81 bits per heavy atom. The van der Waals surface area contributed by atoms with Crippen LogP contribution in [0, 0.1) is 11.3 Å². The number of imidazole rings is 1. The topological polar surface area (TPSA) is 85.9 Å². The molecular weight excluding hydrogens is 481 g/mol. The zero-order chi connectivity index (χ0) is 26.5. The fraction of sp³-hybridized carbons (Fsp3) is 0.393. The van der Waals surface area contributed by atoms with E-state index >= 15 is 0 Å². The number of nitrogens with one attached hydrogen (secondary N) is 1. The van der Waals surface area contributed by atoms with Crippen molar-refractivity contribution in [3.63, 3.8) is 0 Å². The van der Waals surface area contributed by atoms with E-state index < -0.39 is 17.4 Å². The average molecular weight is 507 g/mol. The number of nitriles is 1. The van der Waals surface area contributed by atoms with Crippen molar-refractivity contribution in [2.75, 3.05) is 18.0 Å². The highest BCUT2D eigenvalue weighted by molar-refractivity contribution is 5.97. The first-order valence-corrected chi connectivity index (χ1v) is 12.2. The van der Waals surface area contributed by atoms with E-state index in [-0.39, 0.29) is 38.8 Å². The highest BCUT2D eigenvalue weighted by atomic mass is 19.4. The lowest BCUT2D eigenvalue weighted by Gasteiger charge is -2.48. The largest absolute Gasteiger partial charge is 0.422 e. The third kappa shape index (κ3) is 3.38. The van der Waals surface area contributed by atoms with E-state index in [9.17, 15) is 23.2 Å². The van der Waals surface area contributed by atoms with Crippen molar-refractivity contribution >= 4 is 27.7 Å². The van der Waals surface area contributed by atoms with Gasteiger partial charge in [0.05, 0.1) is 22.2 Å². The van der Waals surface area contributed by atoms with Crippen molar-refractivity contribution in [1.82, 2.24) is 9.97 Å². The second kappa shape index (κ2) is 7.37. The molecule has 9 heteroatoms. The van der Waals surface area contributed by atoms with E-state index in [1.54, 1.807) is 0 Å². The molecule has 6 nitrogen and oxygen atoms in total. The van der Waals surface area contributed by atoms with Crippen molar-refractivity contribution in [2.45, 2.75) is 57.5 Å². The van der Waals surface area contributed by atoms with Crippen molar-refractivity contribution in [1.29, 1.82) is 5.26 Å². The molecule has 0 amide bonds. The summed E-state index contributed by atoms with van der Waals surface area (Å²) in [5, 5.41) is 10.8. The van der Waals surface area contributed by atoms with Crippen LogP contribution in [0.5, 0.6) is 0 Å². The van der Waals surface area contributed by atoms with Crippen molar-refractivity contribution < 1.29 is 17.6 Å². The van der Waals surface area contributed by atoms with Crippen LogP contribution >= 0.6 is 0 Å². The van der Waals surface area contributed by atoms with Gasteiger partial charge in [-0.15, -0.1) is 0 Å². The summed E-state index contributed by atoms with van der Waals surface area (Å²) < 4.78 is 45.6. The molecule has 190 valence electrons. The number of nitrogens with zero attached hydrogens (tertiary/aromatic N) is 3. The molecule has 1 N–H and O–H groups in total. The predicted octanol–water partition coefficient (Wildman–Crippen LogP) is 6.40. The van der Waals surface area contributed by atoms with E-state index in [1.807, 2.05) is 6.07 Å². The van der Waals surface area contributed by atoms with Gasteiger partial charge in [-0.1, -0.05) is 27.7 Å². The second-order valence-corrected chi connectivity index (χ2v) is 11.3. The van der Waals surface area contributed by atoms with E-state index in [2.05, 4.69) is 48.6 Å². The van der Waals surface area contributed by atoms with Crippen LogP contribution in [0.2, 0.25) is 0 Å².